The lowest BCUT2D eigenvalue weighted by atomic mass is 10.1. The highest BCUT2D eigenvalue weighted by molar-refractivity contribution is 5.83. The second-order valence-corrected chi connectivity index (χ2v) is 4.79. The maximum Gasteiger partial charge on any atom is 0.235 e. The summed E-state index contributed by atoms with van der Waals surface area (Å²) in [6.07, 6.45) is 0. The highest BCUT2D eigenvalue weighted by Gasteiger charge is 2.16. The van der Waals surface area contributed by atoms with E-state index in [0.29, 0.717) is 11.1 Å². The molecule has 0 radical (unpaired) electrons. The Morgan fingerprint density at radius 2 is 1.76 bits per heavy atom. The maximum absolute atomic E-state index is 12.1. The molecule has 0 aliphatic heterocycles. The van der Waals surface area contributed by atoms with E-state index in [0.717, 1.165) is 0 Å². The van der Waals surface area contributed by atoms with Crippen molar-refractivity contribution in [1.82, 2.24) is 0 Å². The molecule has 3 N–H and O–H groups in total. The lowest BCUT2D eigenvalue weighted by molar-refractivity contribution is 0.446. The fourth-order valence-electron chi connectivity index (χ4n) is 2.12. The Morgan fingerprint density at radius 1 is 1.00 bits per heavy atom. The van der Waals surface area contributed by atoms with Crippen LogP contribution in [0.15, 0.2) is 45.6 Å². The van der Waals surface area contributed by atoms with Crippen LogP contribution in [0.3, 0.4) is 0 Å². The van der Waals surface area contributed by atoms with Crippen molar-refractivity contribution in [1.29, 1.82) is 0 Å². The summed E-state index contributed by atoms with van der Waals surface area (Å²) >= 11 is 0. The number of phenols is 2. The van der Waals surface area contributed by atoms with Gasteiger partial charge in [0.2, 0.25) is 11.2 Å². The first kappa shape index (κ1) is 13.1. The number of benzene rings is 2. The van der Waals surface area contributed by atoms with Crippen LogP contribution in [0.25, 0.3) is 22.3 Å². The van der Waals surface area contributed by atoms with Gasteiger partial charge < -0.3 is 19.7 Å². The van der Waals surface area contributed by atoms with Crippen molar-refractivity contribution in [2.75, 3.05) is 0 Å². The minimum absolute atomic E-state index is 0.0329. The summed E-state index contributed by atoms with van der Waals surface area (Å²) in [6.45, 7) is 1.73. The van der Waals surface area contributed by atoms with Crippen molar-refractivity contribution in [2.24, 2.45) is 0 Å². The standard InChI is InChI=1S/C16H12O5/c1-8-2-3-9(6-12(8)18)16-15(20)14(19)11-5-4-10(17)7-13(11)21-16/h2-7,17-18,20H,1H3. The Morgan fingerprint density at radius 3 is 2.48 bits per heavy atom. The molecule has 0 aliphatic rings. The molecule has 3 aromatic rings. The summed E-state index contributed by atoms with van der Waals surface area (Å²) in [5, 5.41) is 29.4. The molecule has 0 bridgehead atoms. The molecule has 0 atom stereocenters. The van der Waals surface area contributed by atoms with Gasteiger partial charge in [-0.15, -0.1) is 0 Å². The minimum atomic E-state index is -0.591. The number of rotatable bonds is 1. The molecule has 3 rings (SSSR count). The molecule has 0 fully saturated rings. The number of hydrogen-bond acceptors (Lipinski definition) is 5. The highest BCUT2D eigenvalue weighted by Crippen LogP contribution is 2.33. The summed E-state index contributed by atoms with van der Waals surface area (Å²) in [4.78, 5) is 12.1. The van der Waals surface area contributed by atoms with Crippen molar-refractivity contribution >= 4 is 11.0 Å². The molecular formula is C16H12O5. The fourth-order valence-corrected chi connectivity index (χ4v) is 2.12. The van der Waals surface area contributed by atoms with Crippen molar-refractivity contribution in [3.8, 4) is 28.6 Å². The summed E-state index contributed by atoms with van der Waals surface area (Å²) < 4.78 is 5.51. The number of hydrogen-bond donors (Lipinski definition) is 3. The normalized spacial score (nSPS) is 10.9. The molecular weight excluding hydrogens is 272 g/mol. The van der Waals surface area contributed by atoms with E-state index in [9.17, 15) is 20.1 Å². The smallest absolute Gasteiger partial charge is 0.235 e. The number of aryl methyl sites for hydroxylation is 1. The van der Waals surface area contributed by atoms with Gasteiger partial charge in [0.05, 0.1) is 5.39 Å². The summed E-state index contributed by atoms with van der Waals surface area (Å²) in [6, 6.07) is 8.71. The van der Waals surface area contributed by atoms with Crippen LogP contribution >= 0.6 is 0 Å². The molecule has 0 spiro atoms. The molecule has 0 unspecified atom stereocenters. The van der Waals surface area contributed by atoms with Crippen molar-refractivity contribution in [2.45, 2.75) is 6.92 Å². The van der Waals surface area contributed by atoms with Crippen LogP contribution in [0, 0.1) is 6.92 Å². The minimum Gasteiger partial charge on any atom is -0.508 e. The zero-order valence-electron chi connectivity index (χ0n) is 11.1. The SMILES string of the molecule is Cc1ccc(-c2oc3cc(O)ccc3c(=O)c2O)cc1O. The average molecular weight is 284 g/mol. The van der Waals surface area contributed by atoms with Crippen molar-refractivity contribution in [3.63, 3.8) is 0 Å². The second-order valence-electron chi connectivity index (χ2n) is 4.79. The topological polar surface area (TPSA) is 90.9 Å². The van der Waals surface area contributed by atoms with E-state index in [2.05, 4.69) is 0 Å². The van der Waals surface area contributed by atoms with Gasteiger partial charge in [0.1, 0.15) is 17.1 Å². The lowest BCUT2D eigenvalue weighted by Gasteiger charge is -2.07. The highest BCUT2D eigenvalue weighted by atomic mass is 16.4. The van der Waals surface area contributed by atoms with Crippen LogP contribution in [0.5, 0.6) is 17.2 Å². The first-order valence-electron chi connectivity index (χ1n) is 6.26. The Kier molecular flexibility index (Phi) is 2.83. The first-order chi connectivity index (χ1) is 9.97. The zero-order chi connectivity index (χ0) is 15.1. The van der Waals surface area contributed by atoms with Gasteiger partial charge in [-0.25, -0.2) is 0 Å². The Balaban J connectivity index is 2.34. The van der Waals surface area contributed by atoms with Gasteiger partial charge in [-0.2, -0.15) is 0 Å². The first-order valence-corrected chi connectivity index (χ1v) is 6.26. The van der Waals surface area contributed by atoms with E-state index in [-0.39, 0.29) is 28.2 Å². The molecule has 2 aromatic carbocycles. The monoisotopic (exact) mass is 284 g/mol. The molecule has 0 saturated carbocycles. The van der Waals surface area contributed by atoms with Crippen molar-refractivity contribution in [3.05, 3.63) is 52.2 Å². The molecule has 0 saturated heterocycles. The quantitative estimate of drug-likeness (QED) is 0.639. The Hall–Kier alpha value is -2.95. The van der Waals surface area contributed by atoms with Crippen LogP contribution in [0.1, 0.15) is 5.56 Å². The van der Waals surface area contributed by atoms with Gasteiger partial charge in [-0.3, -0.25) is 4.79 Å². The molecule has 1 aromatic heterocycles. The van der Waals surface area contributed by atoms with Gasteiger partial charge in [-0.05, 0) is 30.7 Å². The third kappa shape index (κ3) is 2.08. The van der Waals surface area contributed by atoms with Crippen LogP contribution in [-0.4, -0.2) is 15.3 Å². The van der Waals surface area contributed by atoms with E-state index < -0.39 is 11.2 Å². The average Bonchev–Trinajstić information content (AvgIpc) is 2.45. The van der Waals surface area contributed by atoms with E-state index in [1.165, 1.54) is 24.3 Å². The molecule has 5 nitrogen and oxygen atoms in total. The largest absolute Gasteiger partial charge is 0.508 e. The van der Waals surface area contributed by atoms with E-state index in [1.807, 2.05) is 0 Å². The predicted octanol–water partition coefficient (Wildman–Crippen LogP) is 2.89. The van der Waals surface area contributed by atoms with Crippen molar-refractivity contribution < 1.29 is 19.7 Å². The third-order valence-electron chi connectivity index (χ3n) is 3.32. The number of phenolic OH excluding ortho intramolecular Hbond substituents is 2. The fraction of sp³-hybridized carbons (Fsp3) is 0.0625. The molecule has 5 heteroatoms. The van der Waals surface area contributed by atoms with Crippen LogP contribution in [0.4, 0.5) is 0 Å². The van der Waals surface area contributed by atoms with Gasteiger partial charge in [0.25, 0.3) is 0 Å². The van der Waals surface area contributed by atoms with Gasteiger partial charge in [0, 0.05) is 11.6 Å². The number of fused-ring (bicyclic) bond motifs is 1. The molecule has 1 heterocycles. The molecule has 0 amide bonds. The maximum atomic E-state index is 12.1. The third-order valence-corrected chi connectivity index (χ3v) is 3.32. The van der Waals surface area contributed by atoms with Gasteiger partial charge >= 0.3 is 0 Å². The van der Waals surface area contributed by atoms with Gasteiger partial charge in [0.15, 0.2) is 5.76 Å². The lowest BCUT2D eigenvalue weighted by Crippen LogP contribution is -2.02. The second kappa shape index (κ2) is 4.56. The van der Waals surface area contributed by atoms with Crippen LogP contribution in [-0.2, 0) is 0 Å². The molecule has 106 valence electrons. The molecule has 21 heavy (non-hydrogen) atoms. The van der Waals surface area contributed by atoms with E-state index in [4.69, 9.17) is 4.42 Å². The molecule has 0 aliphatic carbocycles. The predicted molar refractivity (Wildman–Crippen MR) is 77.7 cm³/mol. The van der Waals surface area contributed by atoms with Gasteiger partial charge in [-0.1, -0.05) is 12.1 Å². The van der Waals surface area contributed by atoms with E-state index in [1.54, 1.807) is 19.1 Å². The Bertz CT molecular complexity index is 908. The summed E-state index contributed by atoms with van der Waals surface area (Å²) in [5.41, 5.74) is 0.608. The summed E-state index contributed by atoms with van der Waals surface area (Å²) in [5.74, 6) is -0.593. The van der Waals surface area contributed by atoms with Crippen LogP contribution in [0.2, 0.25) is 0 Å². The number of aromatic hydroxyl groups is 3. The van der Waals surface area contributed by atoms with E-state index >= 15 is 0 Å². The zero-order valence-corrected chi connectivity index (χ0v) is 11.1. The van der Waals surface area contributed by atoms with Crippen LogP contribution < -0.4 is 5.43 Å². The summed E-state index contributed by atoms with van der Waals surface area (Å²) in [7, 11) is 0. The Labute approximate surface area is 119 Å².